The quantitative estimate of drug-likeness (QED) is 0.447. The van der Waals surface area contributed by atoms with E-state index in [1.54, 1.807) is 0 Å². The van der Waals surface area contributed by atoms with E-state index >= 15 is 0 Å². The third-order valence-corrected chi connectivity index (χ3v) is 4.39. The van der Waals surface area contributed by atoms with Gasteiger partial charge in [-0.1, -0.05) is 12.1 Å². The molecule has 0 spiro atoms. The molecule has 1 saturated carbocycles. The van der Waals surface area contributed by atoms with Crippen LogP contribution in [0.1, 0.15) is 40.2 Å². The maximum atomic E-state index is 12.6. The number of ether oxygens (including phenoxy) is 1. The second-order valence-electron chi connectivity index (χ2n) is 6.12. The third kappa shape index (κ3) is 3.84. The van der Waals surface area contributed by atoms with Gasteiger partial charge in [0.25, 0.3) is 5.69 Å². The molecule has 0 N–H and O–H groups in total. The summed E-state index contributed by atoms with van der Waals surface area (Å²) in [5.41, 5.74) is 0.184. The zero-order valence-corrected chi connectivity index (χ0v) is 13.4. The number of hydrogen-bond acceptors (Lipinski definition) is 4. The fourth-order valence-electron chi connectivity index (χ4n) is 2.82. The van der Waals surface area contributed by atoms with Gasteiger partial charge in [0.1, 0.15) is 6.10 Å². The maximum Gasteiger partial charge on any atom is 0.416 e. The summed E-state index contributed by atoms with van der Waals surface area (Å²) in [6.45, 7) is 0. The van der Waals surface area contributed by atoms with Gasteiger partial charge in [0, 0.05) is 12.1 Å². The van der Waals surface area contributed by atoms with Crippen molar-refractivity contribution < 1.29 is 27.6 Å². The van der Waals surface area contributed by atoms with Crippen LogP contribution in [0.2, 0.25) is 0 Å². The Morgan fingerprint density at radius 2 is 1.62 bits per heavy atom. The van der Waals surface area contributed by atoms with E-state index in [1.165, 1.54) is 36.4 Å². The topological polar surface area (TPSA) is 69.4 Å². The highest BCUT2D eigenvalue weighted by molar-refractivity contribution is 5.89. The summed E-state index contributed by atoms with van der Waals surface area (Å²) in [5.74, 6) is -0.525. The predicted molar refractivity (Wildman–Crippen MR) is 85.7 cm³/mol. The van der Waals surface area contributed by atoms with Gasteiger partial charge in [-0.25, -0.2) is 4.79 Å². The molecule has 0 heterocycles. The van der Waals surface area contributed by atoms with Crippen LogP contribution in [0.4, 0.5) is 18.9 Å². The van der Waals surface area contributed by atoms with Crippen LogP contribution in [0.25, 0.3) is 0 Å². The predicted octanol–water partition coefficient (Wildman–Crippen LogP) is 4.72. The van der Waals surface area contributed by atoms with Crippen molar-refractivity contribution in [2.45, 2.75) is 31.0 Å². The molecule has 0 radical (unpaired) electrons. The number of nitro groups is 1. The molecule has 0 aliphatic heterocycles. The van der Waals surface area contributed by atoms with E-state index < -0.39 is 22.6 Å². The highest BCUT2D eigenvalue weighted by Crippen LogP contribution is 2.40. The highest BCUT2D eigenvalue weighted by atomic mass is 19.4. The van der Waals surface area contributed by atoms with Crippen molar-refractivity contribution in [3.63, 3.8) is 0 Å². The lowest BCUT2D eigenvalue weighted by molar-refractivity contribution is -0.384. The average molecular weight is 365 g/mol. The number of nitro benzene ring substituents is 1. The number of nitrogens with zero attached hydrogens (tertiary/aromatic N) is 1. The van der Waals surface area contributed by atoms with Crippen molar-refractivity contribution >= 4 is 11.7 Å². The summed E-state index contributed by atoms with van der Waals surface area (Å²) in [6.07, 6.45) is -3.61. The van der Waals surface area contributed by atoms with E-state index in [1.807, 2.05) is 0 Å². The molecule has 8 heteroatoms. The number of benzene rings is 2. The van der Waals surface area contributed by atoms with E-state index in [4.69, 9.17) is 4.74 Å². The van der Waals surface area contributed by atoms with Crippen LogP contribution in [0.3, 0.4) is 0 Å². The lowest BCUT2D eigenvalue weighted by Gasteiger charge is -2.35. The molecule has 3 rings (SSSR count). The van der Waals surface area contributed by atoms with Gasteiger partial charge >= 0.3 is 12.1 Å². The number of non-ortho nitro benzene ring substituents is 1. The van der Waals surface area contributed by atoms with E-state index in [-0.39, 0.29) is 23.3 Å². The first-order chi connectivity index (χ1) is 12.2. The molecule has 0 unspecified atom stereocenters. The summed E-state index contributed by atoms with van der Waals surface area (Å²) in [7, 11) is 0. The first kappa shape index (κ1) is 17.9. The number of rotatable bonds is 4. The number of esters is 1. The Hall–Kier alpha value is -2.90. The molecule has 5 nitrogen and oxygen atoms in total. The fraction of sp³-hybridized carbons (Fsp3) is 0.278. The van der Waals surface area contributed by atoms with Gasteiger partial charge in [-0.3, -0.25) is 10.1 Å². The molecule has 0 aromatic heterocycles. The van der Waals surface area contributed by atoms with E-state index in [9.17, 15) is 28.1 Å². The average Bonchev–Trinajstić information content (AvgIpc) is 2.57. The molecule has 2 aromatic rings. The van der Waals surface area contributed by atoms with Gasteiger partial charge in [0.2, 0.25) is 0 Å². The smallest absolute Gasteiger partial charge is 0.416 e. The molecule has 0 atom stereocenters. The van der Waals surface area contributed by atoms with Crippen LogP contribution in [-0.4, -0.2) is 17.0 Å². The van der Waals surface area contributed by atoms with Crippen LogP contribution < -0.4 is 0 Å². The standard InChI is InChI=1S/C18H14F3NO4/c19-18(20,21)14-5-1-11(2-6-14)13-9-16(10-13)26-17(23)12-3-7-15(8-4-12)22(24)25/h1-8,13,16H,9-10H2. The minimum absolute atomic E-state index is 0.0481. The summed E-state index contributed by atoms with van der Waals surface area (Å²) in [5, 5.41) is 10.6. The molecule has 0 saturated heterocycles. The summed E-state index contributed by atoms with van der Waals surface area (Å²) in [6, 6.07) is 10.1. The van der Waals surface area contributed by atoms with Crippen molar-refractivity contribution in [2.75, 3.05) is 0 Å². The molecule has 1 aliphatic carbocycles. The number of carbonyl (C=O) groups excluding carboxylic acids is 1. The number of halogens is 3. The SMILES string of the molecule is O=C(OC1CC(c2ccc(C(F)(F)F)cc2)C1)c1ccc([N+](=O)[O-])cc1. The van der Waals surface area contributed by atoms with E-state index in [0.717, 1.165) is 17.7 Å². The first-order valence-electron chi connectivity index (χ1n) is 7.86. The minimum Gasteiger partial charge on any atom is -0.459 e. The van der Waals surface area contributed by atoms with Crippen molar-refractivity contribution in [1.29, 1.82) is 0 Å². The van der Waals surface area contributed by atoms with Crippen molar-refractivity contribution in [3.8, 4) is 0 Å². The van der Waals surface area contributed by atoms with Gasteiger partial charge in [0.05, 0.1) is 16.1 Å². The molecule has 2 aromatic carbocycles. The van der Waals surface area contributed by atoms with E-state index in [2.05, 4.69) is 0 Å². The Bertz CT molecular complexity index is 810. The molecule has 26 heavy (non-hydrogen) atoms. The molecule has 0 amide bonds. The molecular formula is C18H14F3NO4. The fourth-order valence-corrected chi connectivity index (χ4v) is 2.82. The van der Waals surface area contributed by atoms with Crippen LogP contribution >= 0.6 is 0 Å². The van der Waals surface area contributed by atoms with Crippen molar-refractivity contribution in [3.05, 3.63) is 75.3 Å². The second-order valence-corrected chi connectivity index (χ2v) is 6.12. The first-order valence-corrected chi connectivity index (χ1v) is 7.86. The lowest BCUT2D eigenvalue weighted by atomic mass is 9.77. The van der Waals surface area contributed by atoms with Gasteiger partial charge in [-0.05, 0) is 48.6 Å². The van der Waals surface area contributed by atoms with Crippen molar-refractivity contribution in [1.82, 2.24) is 0 Å². The second kappa shape index (κ2) is 6.78. The Morgan fingerprint density at radius 1 is 1.04 bits per heavy atom. The maximum absolute atomic E-state index is 12.6. The van der Waals surface area contributed by atoms with Gasteiger partial charge < -0.3 is 4.74 Å². The zero-order chi connectivity index (χ0) is 18.9. The monoisotopic (exact) mass is 365 g/mol. The third-order valence-electron chi connectivity index (χ3n) is 4.39. The summed E-state index contributed by atoms with van der Waals surface area (Å²) < 4.78 is 43.0. The van der Waals surface area contributed by atoms with Crippen LogP contribution in [0.5, 0.6) is 0 Å². The highest BCUT2D eigenvalue weighted by Gasteiger charge is 2.35. The van der Waals surface area contributed by atoms with Crippen molar-refractivity contribution in [2.24, 2.45) is 0 Å². The van der Waals surface area contributed by atoms with Crippen LogP contribution in [-0.2, 0) is 10.9 Å². The molecule has 0 bridgehead atoms. The Labute approximate surface area is 146 Å². The minimum atomic E-state index is -4.36. The summed E-state index contributed by atoms with van der Waals surface area (Å²) in [4.78, 5) is 22.0. The number of carbonyl (C=O) groups is 1. The normalized spacial score (nSPS) is 19.5. The molecular weight excluding hydrogens is 351 g/mol. The molecule has 1 aliphatic rings. The van der Waals surface area contributed by atoms with E-state index in [0.29, 0.717) is 12.8 Å². The Kier molecular flexibility index (Phi) is 4.67. The van der Waals surface area contributed by atoms with Gasteiger partial charge in [-0.15, -0.1) is 0 Å². The lowest BCUT2D eigenvalue weighted by Crippen LogP contribution is -2.32. The summed E-state index contributed by atoms with van der Waals surface area (Å²) >= 11 is 0. The zero-order valence-electron chi connectivity index (χ0n) is 13.4. The number of alkyl halides is 3. The van der Waals surface area contributed by atoms with Gasteiger partial charge in [-0.2, -0.15) is 13.2 Å². The van der Waals surface area contributed by atoms with Crippen LogP contribution in [0.15, 0.2) is 48.5 Å². The molecule has 1 fully saturated rings. The van der Waals surface area contributed by atoms with Gasteiger partial charge in [0.15, 0.2) is 0 Å². The Morgan fingerprint density at radius 3 is 2.12 bits per heavy atom. The largest absolute Gasteiger partial charge is 0.459 e. The Balaban J connectivity index is 1.53. The number of hydrogen-bond donors (Lipinski definition) is 0. The van der Waals surface area contributed by atoms with Crippen LogP contribution in [0, 0.1) is 10.1 Å². The molecule has 136 valence electrons.